The SMILES string of the molecule is Cc1ccc(S(N)(=O)=O)cc1NC(=O)C1CCC(N)CC1. The van der Waals surface area contributed by atoms with Crippen LogP contribution >= 0.6 is 0 Å². The van der Waals surface area contributed by atoms with Crippen LogP contribution in [0.1, 0.15) is 31.2 Å². The molecule has 0 unspecified atom stereocenters. The van der Waals surface area contributed by atoms with Gasteiger partial charge in [-0.1, -0.05) is 6.07 Å². The van der Waals surface area contributed by atoms with Crippen molar-refractivity contribution in [2.45, 2.75) is 43.5 Å². The Hall–Kier alpha value is -1.44. The van der Waals surface area contributed by atoms with Crippen molar-refractivity contribution in [3.8, 4) is 0 Å². The van der Waals surface area contributed by atoms with Gasteiger partial charge in [0.1, 0.15) is 0 Å². The molecule has 0 heterocycles. The highest BCUT2D eigenvalue weighted by Gasteiger charge is 2.25. The Morgan fingerprint density at radius 1 is 1.24 bits per heavy atom. The standard InChI is InChI=1S/C14H21N3O3S/c1-9-2-7-12(21(16,19)20)8-13(9)17-14(18)10-3-5-11(15)6-4-10/h2,7-8,10-11H,3-6,15H2,1H3,(H,17,18)(H2,16,19,20). The average molecular weight is 311 g/mol. The molecule has 1 aliphatic carbocycles. The van der Waals surface area contributed by atoms with Gasteiger partial charge in [-0.2, -0.15) is 0 Å². The maximum absolute atomic E-state index is 12.3. The van der Waals surface area contributed by atoms with E-state index in [4.69, 9.17) is 10.9 Å². The minimum absolute atomic E-state index is 0.00549. The Morgan fingerprint density at radius 2 is 1.86 bits per heavy atom. The van der Waals surface area contributed by atoms with Crippen LogP contribution in [0.3, 0.4) is 0 Å². The van der Waals surface area contributed by atoms with Gasteiger partial charge in [-0.15, -0.1) is 0 Å². The lowest BCUT2D eigenvalue weighted by Crippen LogP contribution is -2.32. The van der Waals surface area contributed by atoms with E-state index >= 15 is 0 Å². The predicted molar refractivity (Wildman–Crippen MR) is 81.1 cm³/mol. The van der Waals surface area contributed by atoms with E-state index < -0.39 is 10.0 Å². The second kappa shape index (κ2) is 6.13. The molecule has 116 valence electrons. The summed E-state index contributed by atoms with van der Waals surface area (Å²) < 4.78 is 22.7. The van der Waals surface area contributed by atoms with Gasteiger partial charge in [0.2, 0.25) is 15.9 Å². The van der Waals surface area contributed by atoms with Gasteiger partial charge in [-0.05, 0) is 50.3 Å². The van der Waals surface area contributed by atoms with Gasteiger partial charge >= 0.3 is 0 Å². The number of aryl methyl sites for hydroxylation is 1. The fourth-order valence-electron chi connectivity index (χ4n) is 2.53. The van der Waals surface area contributed by atoms with Crippen LogP contribution in [0.2, 0.25) is 0 Å². The summed E-state index contributed by atoms with van der Waals surface area (Å²) in [7, 11) is -3.78. The Bertz CT molecular complexity index is 635. The van der Waals surface area contributed by atoms with Gasteiger partial charge in [0, 0.05) is 17.6 Å². The Balaban J connectivity index is 2.14. The lowest BCUT2D eigenvalue weighted by atomic mass is 9.86. The van der Waals surface area contributed by atoms with Crippen LogP contribution < -0.4 is 16.2 Å². The summed E-state index contributed by atoms with van der Waals surface area (Å²) in [6.07, 6.45) is 3.21. The molecular formula is C14H21N3O3S. The molecule has 5 N–H and O–H groups in total. The predicted octanol–water partition coefficient (Wildman–Crippen LogP) is 1.10. The third-order valence-corrected chi connectivity index (χ3v) is 4.85. The second-order valence-corrected chi connectivity index (χ2v) is 7.18. The number of anilines is 1. The van der Waals surface area contributed by atoms with Crippen molar-refractivity contribution in [2.75, 3.05) is 5.32 Å². The van der Waals surface area contributed by atoms with Crippen molar-refractivity contribution >= 4 is 21.6 Å². The summed E-state index contributed by atoms with van der Waals surface area (Å²) in [6, 6.07) is 4.64. The van der Waals surface area contributed by atoms with Crippen LogP contribution in [-0.4, -0.2) is 20.4 Å². The molecule has 0 bridgehead atoms. The number of hydrogen-bond donors (Lipinski definition) is 3. The molecule has 0 atom stereocenters. The third-order valence-electron chi connectivity index (χ3n) is 3.94. The molecule has 0 aromatic heterocycles. The number of nitrogens with one attached hydrogen (secondary N) is 1. The quantitative estimate of drug-likeness (QED) is 0.775. The van der Waals surface area contributed by atoms with Crippen LogP contribution in [0.4, 0.5) is 5.69 Å². The highest BCUT2D eigenvalue weighted by atomic mass is 32.2. The average Bonchev–Trinajstić information content (AvgIpc) is 2.40. The largest absolute Gasteiger partial charge is 0.328 e. The smallest absolute Gasteiger partial charge is 0.238 e. The maximum atomic E-state index is 12.3. The molecule has 2 rings (SSSR count). The van der Waals surface area contributed by atoms with Crippen LogP contribution in [0.15, 0.2) is 23.1 Å². The van der Waals surface area contributed by atoms with Gasteiger partial charge in [0.25, 0.3) is 0 Å². The van der Waals surface area contributed by atoms with E-state index in [9.17, 15) is 13.2 Å². The monoisotopic (exact) mass is 311 g/mol. The first kappa shape index (κ1) is 15.9. The van der Waals surface area contributed by atoms with E-state index in [1.807, 2.05) is 0 Å². The fourth-order valence-corrected chi connectivity index (χ4v) is 3.07. The molecule has 6 nitrogen and oxygen atoms in total. The third kappa shape index (κ3) is 4.03. The highest BCUT2D eigenvalue weighted by molar-refractivity contribution is 7.89. The molecule has 1 saturated carbocycles. The summed E-state index contributed by atoms with van der Waals surface area (Å²) in [5, 5.41) is 7.92. The van der Waals surface area contributed by atoms with Crippen molar-refractivity contribution in [1.82, 2.24) is 0 Å². The number of carbonyl (C=O) groups excluding carboxylic acids is 1. The molecule has 0 spiro atoms. The molecule has 1 amide bonds. The van der Waals surface area contributed by atoms with E-state index in [2.05, 4.69) is 5.32 Å². The zero-order chi connectivity index (χ0) is 15.6. The number of rotatable bonds is 3. The van der Waals surface area contributed by atoms with Crippen molar-refractivity contribution in [1.29, 1.82) is 0 Å². The van der Waals surface area contributed by atoms with Gasteiger partial charge in [-0.3, -0.25) is 4.79 Å². The van der Waals surface area contributed by atoms with E-state index in [0.717, 1.165) is 31.2 Å². The number of nitrogens with two attached hydrogens (primary N) is 2. The molecule has 0 saturated heterocycles. The van der Waals surface area contributed by atoms with Crippen molar-refractivity contribution in [2.24, 2.45) is 16.8 Å². The number of carbonyl (C=O) groups is 1. The topological polar surface area (TPSA) is 115 Å². The molecule has 0 radical (unpaired) electrons. The van der Waals surface area contributed by atoms with Crippen LogP contribution in [-0.2, 0) is 14.8 Å². The molecule has 1 aliphatic rings. The number of benzene rings is 1. The van der Waals surface area contributed by atoms with E-state index in [-0.39, 0.29) is 22.8 Å². The molecule has 0 aliphatic heterocycles. The van der Waals surface area contributed by atoms with Gasteiger partial charge in [0.15, 0.2) is 0 Å². The molecule has 21 heavy (non-hydrogen) atoms. The molecular weight excluding hydrogens is 290 g/mol. The van der Waals surface area contributed by atoms with Crippen molar-refractivity contribution < 1.29 is 13.2 Å². The van der Waals surface area contributed by atoms with E-state index in [1.165, 1.54) is 12.1 Å². The van der Waals surface area contributed by atoms with Gasteiger partial charge in [-0.25, -0.2) is 13.6 Å². The molecule has 1 aromatic rings. The van der Waals surface area contributed by atoms with E-state index in [1.54, 1.807) is 13.0 Å². The zero-order valence-corrected chi connectivity index (χ0v) is 12.8. The van der Waals surface area contributed by atoms with Gasteiger partial charge in [0.05, 0.1) is 4.90 Å². The zero-order valence-electron chi connectivity index (χ0n) is 12.0. The summed E-state index contributed by atoms with van der Waals surface area (Å²) >= 11 is 0. The normalized spacial score (nSPS) is 22.8. The first-order valence-corrected chi connectivity index (χ1v) is 8.52. The highest BCUT2D eigenvalue weighted by Crippen LogP contribution is 2.26. The lowest BCUT2D eigenvalue weighted by Gasteiger charge is -2.25. The summed E-state index contributed by atoms with van der Waals surface area (Å²) in [5.74, 6) is -0.154. The fraction of sp³-hybridized carbons (Fsp3) is 0.500. The number of hydrogen-bond acceptors (Lipinski definition) is 4. The summed E-state index contributed by atoms with van der Waals surface area (Å²) in [5.41, 5.74) is 7.11. The summed E-state index contributed by atoms with van der Waals surface area (Å²) in [6.45, 7) is 1.80. The Labute approximate surface area is 124 Å². The Kier molecular flexibility index (Phi) is 4.65. The molecule has 1 aromatic carbocycles. The van der Waals surface area contributed by atoms with E-state index in [0.29, 0.717) is 5.69 Å². The minimum atomic E-state index is -3.78. The first-order chi connectivity index (χ1) is 9.77. The number of sulfonamides is 1. The van der Waals surface area contributed by atoms with Crippen LogP contribution in [0.25, 0.3) is 0 Å². The van der Waals surface area contributed by atoms with Crippen LogP contribution in [0, 0.1) is 12.8 Å². The number of amides is 1. The Morgan fingerprint density at radius 3 is 2.43 bits per heavy atom. The summed E-state index contributed by atoms with van der Waals surface area (Å²) in [4.78, 5) is 12.2. The van der Waals surface area contributed by atoms with Crippen LogP contribution in [0.5, 0.6) is 0 Å². The first-order valence-electron chi connectivity index (χ1n) is 6.97. The van der Waals surface area contributed by atoms with Crippen molar-refractivity contribution in [3.05, 3.63) is 23.8 Å². The van der Waals surface area contributed by atoms with Crippen molar-refractivity contribution in [3.63, 3.8) is 0 Å². The molecule has 7 heteroatoms. The maximum Gasteiger partial charge on any atom is 0.238 e. The van der Waals surface area contributed by atoms with Gasteiger partial charge < -0.3 is 11.1 Å². The lowest BCUT2D eigenvalue weighted by molar-refractivity contribution is -0.120. The molecule has 1 fully saturated rings. The number of primary sulfonamides is 1. The minimum Gasteiger partial charge on any atom is -0.328 e. The second-order valence-electron chi connectivity index (χ2n) is 5.62.